The lowest BCUT2D eigenvalue weighted by Gasteiger charge is -2.27. The Balaban J connectivity index is 1.43. The molecule has 0 bridgehead atoms. The average molecular weight is 334 g/mol. The van der Waals surface area contributed by atoms with E-state index in [-0.39, 0.29) is 5.91 Å². The number of carbonyl (C=O) groups is 1. The second-order valence-corrected chi connectivity index (χ2v) is 6.53. The second kappa shape index (κ2) is 6.73. The molecule has 4 rings (SSSR count). The van der Waals surface area contributed by atoms with Crippen molar-refractivity contribution in [1.29, 1.82) is 0 Å². The standard InChI is InChI=1S/C21H22N2O2/c24-20(21(12-6-14-25-21)17-8-2-1-3-9-17)22-13-11-18-15-16-7-4-5-10-19(16)23-18/h1-5,7-10,15,23H,6,11-14H2,(H,22,24). The number of aromatic nitrogens is 1. The number of para-hydroxylation sites is 1. The summed E-state index contributed by atoms with van der Waals surface area (Å²) < 4.78 is 5.92. The highest BCUT2D eigenvalue weighted by Gasteiger charge is 2.44. The zero-order valence-electron chi connectivity index (χ0n) is 14.1. The van der Waals surface area contributed by atoms with Crippen molar-refractivity contribution in [3.63, 3.8) is 0 Å². The lowest BCUT2D eigenvalue weighted by atomic mass is 9.90. The van der Waals surface area contributed by atoms with Gasteiger partial charge in [0.1, 0.15) is 0 Å². The Hall–Kier alpha value is -2.59. The molecule has 4 heteroatoms. The van der Waals surface area contributed by atoms with Crippen LogP contribution >= 0.6 is 0 Å². The summed E-state index contributed by atoms with van der Waals surface area (Å²) in [5.74, 6) is -0.0349. The van der Waals surface area contributed by atoms with Crippen LogP contribution in [0.15, 0.2) is 60.7 Å². The summed E-state index contributed by atoms with van der Waals surface area (Å²) in [6.07, 6.45) is 2.41. The van der Waals surface area contributed by atoms with E-state index in [0.29, 0.717) is 13.2 Å². The number of H-pyrrole nitrogens is 1. The van der Waals surface area contributed by atoms with Gasteiger partial charge in [-0.05, 0) is 35.9 Å². The zero-order valence-corrected chi connectivity index (χ0v) is 14.1. The van der Waals surface area contributed by atoms with Crippen molar-refractivity contribution in [2.75, 3.05) is 13.2 Å². The molecular weight excluding hydrogens is 312 g/mol. The van der Waals surface area contributed by atoms with E-state index in [0.717, 1.165) is 36.0 Å². The number of nitrogens with one attached hydrogen (secondary N) is 2. The van der Waals surface area contributed by atoms with Crippen LogP contribution in [0.25, 0.3) is 10.9 Å². The smallest absolute Gasteiger partial charge is 0.256 e. The van der Waals surface area contributed by atoms with E-state index < -0.39 is 5.60 Å². The zero-order chi connectivity index (χ0) is 17.1. The van der Waals surface area contributed by atoms with Gasteiger partial charge in [-0.2, -0.15) is 0 Å². The highest BCUT2D eigenvalue weighted by molar-refractivity contribution is 5.87. The molecule has 4 nitrogen and oxygen atoms in total. The van der Waals surface area contributed by atoms with Gasteiger partial charge in [-0.3, -0.25) is 4.79 Å². The van der Waals surface area contributed by atoms with Crippen LogP contribution in [-0.4, -0.2) is 24.0 Å². The summed E-state index contributed by atoms with van der Waals surface area (Å²) in [7, 11) is 0. The van der Waals surface area contributed by atoms with Gasteiger partial charge in [0.05, 0.1) is 0 Å². The minimum absolute atomic E-state index is 0.0349. The summed E-state index contributed by atoms with van der Waals surface area (Å²) in [5.41, 5.74) is 2.36. The maximum atomic E-state index is 12.9. The van der Waals surface area contributed by atoms with Crippen LogP contribution < -0.4 is 5.32 Å². The van der Waals surface area contributed by atoms with Crippen LogP contribution in [0.4, 0.5) is 0 Å². The van der Waals surface area contributed by atoms with Gasteiger partial charge >= 0.3 is 0 Å². The minimum Gasteiger partial charge on any atom is -0.360 e. The molecule has 2 N–H and O–H groups in total. The van der Waals surface area contributed by atoms with Gasteiger partial charge < -0.3 is 15.0 Å². The number of amides is 1. The predicted molar refractivity (Wildman–Crippen MR) is 98.3 cm³/mol. The molecule has 3 aromatic rings. The number of fused-ring (bicyclic) bond motifs is 1. The fraction of sp³-hybridized carbons (Fsp3) is 0.286. The highest BCUT2D eigenvalue weighted by Crippen LogP contribution is 2.36. The number of hydrogen-bond acceptors (Lipinski definition) is 2. The third kappa shape index (κ3) is 3.05. The average Bonchev–Trinajstić information content (AvgIpc) is 3.30. The number of rotatable bonds is 5. The lowest BCUT2D eigenvalue weighted by molar-refractivity contribution is -0.142. The van der Waals surface area contributed by atoms with Crippen molar-refractivity contribution in [3.05, 3.63) is 71.9 Å². The number of benzene rings is 2. The molecule has 1 aliphatic rings. The fourth-order valence-electron chi connectivity index (χ4n) is 3.61. The number of ether oxygens (including phenoxy) is 1. The van der Waals surface area contributed by atoms with Crippen LogP contribution in [0.2, 0.25) is 0 Å². The molecule has 128 valence electrons. The number of carbonyl (C=O) groups excluding carboxylic acids is 1. The molecule has 0 saturated carbocycles. The largest absolute Gasteiger partial charge is 0.360 e. The molecule has 1 atom stereocenters. The molecule has 1 unspecified atom stereocenters. The van der Waals surface area contributed by atoms with Crippen molar-refractivity contribution in [2.45, 2.75) is 24.9 Å². The van der Waals surface area contributed by atoms with E-state index in [1.807, 2.05) is 42.5 Å². The molecular formula is C21H22N2O2. The van der Waals surface area contributed by atoms with E-state index in [1.165, 1.54) is 5.39 Å². The maximum Gasteiger partial charge on any atom is 0.256 e. The first-order valence-electron chi connectivity index (χ1n) is 8.82. The molecule has 25 heavy (non-hydrogen) atoms. The molecule has 2 aromatic carbocycles. The first-order chi connectivity index (χ1) is 12.3. The van der Waals surface area contributed by atoms with Gasteiger partial charge in [-0.25, -0.2) is 0 Å². The SMILES string of the molecule is O=C(NCCc1cc2ccccc2[nH]1)C1(c2ccccc2)CCCO1. The number of hydrogen-bond donors (Lipinski definition) is 2. The third-order valence-corrected chi connectivity index (χ3v) is 4.89. The van der Waals surface area contributed by atoms with Gasteiger partial charge in [0.2, 0.25) is 0 Å². The summed E-state index contributed by atoms with van der Waals surface area (Å²) in [5, 5.41) is 4.27. The topological polar surface area (TPSA) is 54.1 Å². The summed E-state index contributed by atoms with van der Waals surface area (Å²) >= 11 is 0. The minimum atomic E-state index is -0.832. The van der Waals surface area contributed by atoms with E-state index in [1.54, 1.807) is 0 Å². The van der Waals surface area contributed by atoms with Gasteiger partial charge in [-0.1, -0.05) is 48.5 Å². The van der Waals surface area contributed by atoms with Crippen molar-refractivity contribution in [2.24, 2.45) is 0 Å². The Labute approximate surface area is 147 Å². The predicted octanol–water partition coefficient (Wildman–Crippen LogP) is 3.53. The van der Waals surface area contributed by atoms with Crippen LogP contribution in [0.3, 0.4) is 0 Å². The van der Waals surface area contributed by atoms with Gasteiger partial charge in [0.25, 0.3) is 5.91 Å². The molecule has 2 heterocycles. The Morgan fingerprint density at radius 3 is 2.68 bits per heavy atom. The van der Waals surface area contributed by atoms with Gasteiger partial charge in [-0.15, -0.1) is 0 Å². The molecule has 1 aromatic heterocycles. The van der Waals surface area contributed by atoms with Crippen LogP contribution in [0.1, 0.15) is 24.1 Å². The number of aromatic amines is 1. The third-order valence-electron chi connectivity index (χ3n) is 4.89. The Kier molecular flexibility index (Phi) is 4.28. The normalized spacial score (nSPS) is 20.0. The van der Waals surface area contributed by atoms with E-state index in [4.69, 9.17) is 4.74 Å². The molecule has 0 radical (unpaired) electrons. The molecule has 1 saturated heterocycles. The van der Waals surface area contributed by atoms with E-state index in [2.05, 4.69) is 28.5 Å². The van der Waals surface area contributed by atoms with E-state index >= 15 is 0 Å². The monoisotopic (exact) mass is 334 g/mol. The summed E-state index contributed by atoms with van der Waals surface area (Å²) in [4.78, 5) is 16.3. The first kappa shape index (κ1) is 15.9. The van der Waals surface area contributed by atoms with Crippen molar-refractivity contribution < 1.29 is 9.53 Å². The second-order valence-electron chi connectivity index (χ2n) is 6.53. The lowest BCUT2D eigenvalue weighted by Crippen LogP contribution is -2.44. The fourth-order valence-corrected chi connectivity index (χ4v) is 3.61. The molecule has 1 amide bonds. The van der Waals surface area contributed by atoms with Crippen molar-refractivity contribution >= 4 is 16.8 Å². The molecule has 0 aliphatic carbocycles. The molecule has 1 aliphatic heterocycles. The van der Waals surface area contributed by atoms with Crippen molar-refractivity contribution in [3.8, 4) is 0 Å². The summed E-state index contributed by atoms with van der Waals surface area (Å²) in [6, 6.07) is 20.2. The summed E-state index contributed by atoms with van der Waals surface area (Å²) in [6.45, 7) is 1.22. The van der Waals surface area contributed by atoms with Crippen molar-refractivity contribution in [1.82, 2.24) is 10.3 Å². The first-order valence-corrected chi connectivity index (χ1v) is 8.82. The van der Waals surface area contributed by atoms with E-state index in [9.17, 15) is 4.79 Å². The van der Waals surface area contributed by atoms with Crippen LogP contribution in [0.5, 0.6) is 0 Å². The van der Waals surface area contributed by atoms with Gasteiger partial charge in [0, 0.05) is 30.8 Å². The maximum absolute atomic E-state index is 12.9. The Bertz CT molecular complexity index is 831. The van der Waals surface area contributed by atoms with Gasteiger partial charge in [0.15, 0.2) is 5.60 Å². The Morgan fingerprint density at radius 1 is 1.12 bits per heavy atom. The molecule has 1 fully saturated rings. The van der Waals surface area contributed by atoms with Crippen LogP contribution in [0, 0.1) is 0 Å². The molecule has 0 spiro atoms. The quantitative estimate of drug-likeness (QED) is 0.750. The van der Waals surface area contributed by atoms with Crippen LogP contribution in [-0.2, 0) is 21.6 Å². The Morgan fingerprint density at radius 2 is 1.92 bits per heavy atom. The highest BCUT2D eigenvalue weighted by atomic mass is 16.5.